The number of nitrogens with one attached hydrogen (secondary N) is 1. The van der Waals surface area contributed by atoms with Crippen molar-refractivity contribution in [3.8, 4) is 0 Å². The highest BCUT2D eigenvalue weighted by molar-refractivity contribution is 7.12. The lowest BCUT2D eigenvalue weighted by Gasteiger charge is -1.96. The molecule has 0 aliphatic rings. The van der Waals surface area contributed by atoms with E-state index in [1.165, 1.54) is 11.3 Å². The van der Waals surface area contributed by atoms with Crippen molar-refractivity contribution in [1.82, 2.24) is 25.6 Å². The Morgan fingerprint density at radius 1 is 1.41 bits per heavy atom. The molecular weight excluding hydrogens is 302 g/mol. The third kappa shape index (κ3) is 3.23. The lowest BCUT2D eigenvalue weighted by atomic mass is 10.1. The molecule has 0 amide bonds. The van der Waals surface area contributed by atoms with Crippen LogP contribution in [-0.4, -0.2) is 36.5 Å². The first-order chi connectivity index (χ1) is 10.7. The van der Waals surface area contributed by atoms with Crippen LogP contribution in [0, 0.1) is 0 Å². The second-order valence-electron chi connectivity index (χ2n) is 4.45. The van der Waals surface area contributed by atoms with Crippen molar-refractivity contribution >= 4 is 22.9 Å². The van der Waals surface area contributed by atoms with Crippen LogP contribution in [0.4, 0.5) is 0 Å². The Morgan fingerprint density at radius 3 is 3.05 bits per heavy atom. The Hall–Kier alpha value is -2.87. The first-order valence-corrected chi connectivity index (χ1v) is 7.26. The molecule has 0 unspecified atom stereocenters. The number of allylic oxidation sites excluding steroid dienone is 1. The zero-order valence-corrected chi connectivity index (χ0v) is 12.1. The van der Waals surface area contributed by atoms with Gasteiger partial charge in [-0.1, -0.05) is 6.07 Å². The summed E-state index contributed by atoms with van der Waals surface area (Å²) in [7, 11) is 0. The minimum atomic E-state index is -0.321. The number of hydrogen-bond acceptors (Lipinski definition) is 7. The average molecular weight is 313 g/mol. The van der Waals surface area contributed by atoms with E-state index in [0.717, 1.165) is 17.3 Å². The van der Waals surface area contributed by atoms with Gasteiger partial charge in [0.25, 0.3) is 0 Å². The number of aromatic amines is 1. The summed E-state index contributed by atoms with van der Waals surface area (Å²) in [6, 6.07) is 7.51. The van der Waals surface area contributed by atoms with Crippen molar-refractivity contribution in [3.05, 3.63) is 63.9 Å². The van der Waals surface area contributed by atoms with Gasteiger partial charge in [-0.2, -0.15) is 5.21 Å². The summed E-state index contributed by atoms with van der Waals surface area (Å²) in [4.78, 5) is 16.9. The van der Waals surface area contributed by atoms with Gasteiger partial charge in [-0.05, 0) is 34.4 Å². The summed E-state index contributed by atoms with van der Waals surface area (Å²) in [5.74, 6) is -0.642. The van der Waals surface area contributed by atoms with Crippen molar-refractivity contribution in [2.45, 2.75) is 6.42 Å². The Bertz CT molecular complexity index is 796. The van der Waals surface area contributed by atoms with Crippen molar-refractivity contribution in [2.75, 3.05) is 0 Å². The van der Waals surface area contributed by atoms with E-state index in [-0.39, 0.29) is 17.4 Å². The predicted molar refractivity (Wildman–Crippen MR) is 80.5 cm³/mol. The fourth-order valence-electron chi connectivity index (χ4n) is 1.84. The smallest absolute Gasteiger partial charge is 0.239 e. The van der Waals surface area contributed by atoms with Crippen molar-refractivity contribution < 1.29 is 9.90 Å². The number of aliphatic hydroxyl groups excluding tert-OH is 1. The van der Waals surface area contributed by atoms with Crippen LogP contribution in [0.25, 0.3) is 5.76 Å². The van der Waals surface area contributed by atoms with E-state index < -0.39 is 0 Å². The third-order valence-corrected chi connectivity index (χ3v) is 3.84. The maximum absolute atomic E-state index is 12.1. The standard InChI is InChI=1S/C14H11N5O2S/c20-11(7-12(21)14-16-18-19-17-14)13-6-9(8-22-13)5-10-3-1-2-4-15-10/h1-4,6-8,21H,5H2,(H,16,17,18,19). The fraction of sp³-hybridized carbons (Fsp3) is 0.0714. The number of carbonyl (C=O) groups is 1. The molecule has 3 aromatic rings. The summed E-state index contributed by atoms with van der Waals surface area (Å²) < 4.78 is 0. The average Bonchev–Trinajstić information content (AvgIpc) is 3.19. The van der Waals surface area contributed by atoms with Gasteiger partial charge in [-0.3, -0.25) is 9.78 Å². The molecule has 0 spiro atoms. The Kier molecular flexibility index (Phi) is 4.01. The first-order valence-electron chi connectivity index (χ1n) is 6.38. The maximum Gasteiger partial charge on any atom is 0.239 e. The van der Waals surface area contributed by atoms with Gasteiger partial charge < -0.3 is 5.11 Å². The fourth-order valence-corrected chi connectivity index (χ4v) is 2.66. The monoisotopic (exact) mass is 313 g/mol. The van der Waals surface area contributed by atoms with Gasteiger partial charge in [-0.15, -0.1) is 21.5 Å². The molecule has 110 valence electrons. The van der Waals surface area contributed by atoms with Gasteiger partial charge in [0.15, 0.2) is 11.5 Å². The summed E-state index contributed by atoms with van der Waals surface area (Å²) in [6.45, 7) is 0. The van der Waals surface area contributed by atoms with Gasteiger partial charge in [0.2, 0.25) is 5.82 Å². The van der Waals surface area contributed by atoms with Crippen LogP contribution >= 0.6 is 11.3 Å². The lowest BCUT2D eigenvalue weighted by molar-refractivity contribution is 0.104. The molecule has 0 atom stereocenters. The molecule has 7 nitrogen and oxygen atoms in total. The third-order valence-electron chi connectivity index (χ3n) is 2.85. The number of aliphatic hydroxyl groups is 1. The SMILES string of the molecule is O=C(C=C(O)c1nn[nH]n1)c1cc(Cc2ccccn2)cs1. The first kappa shape index (κ1) is 14.1. The topological polar surface area (TPSA) is 105 Å². The quantitative estimate of drug-likeness (QED) is 0.424. The van der Waals surface area contributed by atoms with Crippen molar-refractivity contribution in [3.63, 3.8) is 0 Å². The van der Waals surface area contributed by atoms with E-state index in [9.17, 15) is 9.90 Å². The van der Waals surface area contributed by atoms with Gasteiger partial charge in [0.05, 0.1) is 4.88 Å². The predicted octanol–water partition coefficient (Wildman–Crippen LogP) is 2.03. The molecule has 3 rings (SSSR count). The zero-order valence-electron chi connectivity index (χ0n) is 11.3. The Labute approximate surface area is 129 Å². The molecule has 2 N–H and O–H groups in total. The number of tetrazole rings is 1. The number of rotatable bonds is 5. The second-order valence-corrected chi connectivity index (χ2v) is 5.36. The Balaban J connectivity index is 1.73. The summed E-state index contributed by atoms with van der Waals surface area (Å²) >= 11 is 1.32. The lowest BCUT2D eigenvalue weighted by Crippen LogP contribution is -1.95. The van der Waals surface area contributed by atoms with Crippen LogP contribution in [-0.2, 0) is 6.42 Å². The molecule has 3 heterocycles. The van der Waals surface area contributed by atoms with E-state index in [4.69, 9.17) is 0 Å². The number of hydrogen-bond donors (Lipinski definition) is 2. The van der Waals surface area contributed by atoms with Gasteiger partial charge >= 0.3 is 0 Å². The second kappa shape index (κ2) is 6.27. The molecule has 0 saturated heterocycles. The highest BCUT2D eigenvalue weighted by Crippen LogP contribution is 2.19. The molecule has 0 fully saturated rings. The van der Waals surface area contributed by atoms with Gasteiger partial charge in [0, 0.05) is 24.4 Å². The van der Waals surface area contributed by atoms with E-state index >= 15 is 0 Å². The Morgan fingerprint density at radius 2 is 2.32 bits per heavy atom. The number of carbonyl (C=O) groups excluding carboxylic acids is 1. The summed E-state index contributed by atoms with van der Waals surface area (Å²) in [6.07, 6.45) is 3.48. The highest BCUT2D eigenvalue weighted by atomic mass is 32.1. The number of thiophene rings is 1. The zero-order chi connectivity index (χ0) is 15.4. The highest BCUT2D eigenvalue weighted by Gasteiger charge is 2.12. The molecule has 0 aliphatic carbocycles. The van der Waals surface area contributed by atoms with Crippen molar-refractivity contribution in [2.24, 2.45) is 0 Å². The number of ketones is 1. The molecule has 3 aromatic heterocycles. The van der Waals surface area contributed by atoms with Crippen LogP contribution in [0.1, 0.15) is 26.8 Å². The summed E-state index contributed by atoms with van der Waals surface area (Å²) in [5, 5.41) is 24.4. The normalized spacial score (nSPS) is 11.5. The molecule has 0 saturated carbocycles. The van der Waals surface area contributed by atoms with Crippen LogP contribution in [0.3, 0.4) is 0 Å². The minimum Gasteiger partial charge on any atom is -0.504 e. The largest absolute Gasteiger partial charge is 0.504 e. The van der Waals surface area contributed by atoms with E-state index in [1.54, 1.807) is 12.3 Å². The van der Waals surface area contributed by atoms with Crippen LogP contribution in [0.15, 0.2) is 41.9 Å². The van der Waals surface area contributed by atoms with E-state index in [1.807, 2.05) is 23.6 Å². The van der Waals surface area contributed by atoms with Gasteiger partial charge in [-0.25, -0.2) is 0 Å². The number of aromatic nitrogens is 5. The molecular formula is C14H11N5O2S. The molecule has 0 aromatic carbocycles. The minimum absolute atomic E-state index is 0.0152. The van der Waals surface area contributed by atoms with Gasteiger partial charge in [0.1, 0.15) is 0 Å². The molecule has 8 heteroatoms. The molecule has 0 radical (unpaired) electrons. The number of pyridine rings is 1. The van der Waals surface area contributed by atoms with E-state index in [0.29, 0.717) is 11.3 Å². The molecule has 22 heavy (non-hydrogen) atoms. The maximum atomic E-state index is 12.1. The number of nitrogens with zero attached hydrogens (tertiary/aromatic N) is 4. The van der Waals surface area contributed by atoms with Crippen LogP contribution in [0.5, 0.6) is 0 Å². The van der Waals surface area contributed by atoms with Crippen LogP contribution < -0.4 is 0 Å². The van der Waals surface area contributed by atoms with Crippen LogP contribution in [0.2, 0.25) is 0 Å². The van der Waals surface area contributed by atoms with Crippen molar-refractivity contribution in [1.29, 1.82) is 0 Å². The summed E-state index contributed by atoms with van der Waals surface area (Å²) in [5.41, 5.74) is 1.93. The molecule has 0 bridgehead atoms. The molecule has 0 aliphatic heterocycles. The number of H-pyrrole nitrogens is 1. The van der Waals surface area contributed by atoms with E-state index in [2.05, 4.69) is 25.6 Å².